The fourth-order valence-corrected chi connectivity index (χ4v) is 5.64. The van der Waals surface area contributed by atoms with Gasteiger partial charge in [0.2, 0.25) is 17.8 Å². The van der Waals surface area contributed by atoms with Gasteiger partial charge in [0.25, 0.3) is 5.91 Å². The van der Waals surface area contributed by atoms with Crippen LogP contribution in [0.4, 0.5) is 26.3 Å². The molecule has 15 heteroatoms. The van der Waals surface area contributed by atoms with E-state index < -0.39 is 73.5 Å². The highest BCUT2D eigenvalue weighted by atomic mass is 19.4. The van der Waals surface area contributed by atoms with Crippen molar-refractivity contribution in [2.75, 3.05) is 0 Å². The van der Waals surface area contributed by atoms with Crippen LogP contribution in [0.1, 0.15) is 105 Å². The molecule has 2 amide bonds. The van der Waals surface area contributed by atoms with Gasteiger partial charge in [0.1, 0.15) is 11.4 Å². The summed E-state index contributed by atoms with van der Waals surface area (Å²) in [6.45, 7) is 3.67. The molecule has 0 saturated heterocycles. The Balaban J connectivity index is 1.44. The third-order valence-electron chi connectivity index (χ3n) is 8.08. The smallest absolute Gasteiger partial charge is 0.349 e. The molecule has 0 radical (unpaired) electrons. The van der Waals surface area contributed by atoms with Crippen LogP contribution in [0.25, 0.3) is 5.65 Å². The van der Waals surface area contributed by atoms with Gasteiger partial charge in [-0.15, -0.1) is 0 Å². The molecule has 0 unspecified atom stereocenters. The van der Waals surface area contributed by atoms with Gasteiger partial charge in [-0.05, 0) is 69.1 Å². The average molecular weight is 614 g/mol. The molecular formula is C28H33F6N7O2. The quantitative estimate of drug-likeness (QED) is 0.279. The average Bonchev–Trinajstić information content (AvgIpc) is 3.55. The zero-order valence-corrected chi connectivity index (χ0v) is 23.7. The largest absolute Gasteiger partial charge is 0.389 e. The van der Waals surface area contributed by atoms with E-state index in [1.54, 1.807) is 0 Å². The van der Waals surface area contributed by atoms with Gasteiger partial charge < -0.3 is 10.6 Å². The summed E-state index contributed by atoms with van der Waals surface area (Å²) in [7, 11) is 0. The van der Waals surface area contributed by atoms with Gasteiger partial charge in [-0.2, -0.15) is 32.3 Å². The van der Waals surface area contributed by atoms with Crippen molar-refractivity contribution in [1.82, 2.24) is 35.0 Å². The normalized spacial score (nSPS) is 19.0. The van der Waals surface area contributed by atoms with Gasteiger partial charge in [-0.25, -0.2) is 13.8 Å². The minimum atomic E-state index is -4.47. The van der Waals surface area contributed by atoms with Crippen LogP contribution < -0.4 is 10.6 Å². The second-order valence-electron chi connectivity index (χ2n) is 11.7. The van der Waals surface area contributed by atoms with Crippen molar-refractivity contribution in [2.24, 2.45) is 11.8 Å². The number of hydrogen-bond donors (Lipinski definition) is 2. The zero-order chi connectivity index (χ0) is 31.1. The standard InChI is InChI=1S/C28H33F6N7O2/c1-15(2)40-19(8-12-35-40)26(43)39-23(17-5-9-27(30,31)10-6-17)24-25(29)41-20(37-24)13-18(14-36-41)22(16-3-4-16)38-21(42)7-11-28(32,33)34/h8,12-17,22-23H,3-7,9-11H2,1-2H3,(H,38,42)(H,39,43)/t22-,23+/m1/s1. The second-order valence-corrected chi connectivity index (χ2v) is 11.7. The van der Waals surface area contributed by atoms with Gasteiger partial charge >= 0.3 is 6.18 Å². The predicted molar refractivity (Wildman–Crippen MR) is 142 cm³/mol. The van der Waals surface area contributed by atoms with Crippen LogP contribution in [0.2, 0.25) is 0 Å². The molecule has 2 N–H and O–H groups in total. The molecule has 0 bridgehead atoms. The number of nitrogens with one attached hydrogen (secondary N) is 2. The fraction of sp³-hybridized carbons (Fsp3) is 0.607. The first-order valence-electron chi connectivity index (χ1n) is 14.3. The summed E-state index contributed by atoms with van der Waals surface area (Å²) in [4.78, 5) is 30.1. The Bertz CT molecular complexity index is 1470. The predicted octanol–water partition coefficient (Wildman–Crippen LogP) is 5.85. The van der Waals surface area contributed by atoms with Crippen molar-refractivity contribution in [1.29, 1.82) is 0 Å². The SMILES string of the molecule is CC(C)n1nccc1C(=O)N[C@H](c1nc2cc([C@H](NC(=O)CCC(F)(F)F)C3CC3)cnn2c1F)C1CCC(F)(F)CC1. The molecule has 0 spiro atoms. The van der Waals surface area contributed by atoms with E-state index >= 15 is 4.39 Å². The van der Waals surface area contributed by atoms with E-state index in [1.165, 1.54) is 29.2 Å². The number of alkyl halides is 5. The first-order chi connectivity index (χ1) is 20.2. The lowest BCUT2D eigenvalue weighted by Gasteiger charge is -2.33. The number of carbonyl (C=O) groups excluding carboxylic acids is 2. The molecule has 43 heavy (non-hydrogen) atoms. The molecule has 5 rings (SSSR count). The number of imidazole rings is 1. The molecule has 3 aromatic rings. The maximum Gasteiger partial charge on any atom is 0.389 e. The summed E-state index contributed by atoms with van der Waals surface area (Å²) < 4.78 is 84.1. The Hall–Kier alpha value is -3.65. The third-order valence-corrected chi connectivity index (χ3v) is 8.08. The molecule has 234 valence electrons. The maximum absolute atomic E-state index is 15.9. The number of halogens is 6. The Labute approximate surface area is 243 Å². The maximum atomic E-state index is 15.9. The third kappa shape index (κ3) is 7.12. The van der Waals surface area contributed by atoms with Gasteiger partial charge in [0, 0.05) is 31.5 Å². The molecule has 2 atom stereocenters. The van der Waals surface area contributed by atoms with E-state index in [0.29, 0.717) is 5.56 Å². The molecule has 2 saturated carbocycles. The number of rotatable bonds is 10. The van der Waals surface area contributed by atoms with Crippen LogP contribution >= 0.6 is 0 Å². The van der Waals surface area contributed by atoms with Crippen molar-refractivity contribution >= 4 is 17.5 Å². The summed E-state index contributed by atoms with van der Waals surface area (Å²) in [6.07, 6.45) is -2.93. The Morgan fingerprint density at radius 3 is 2.35 bits per heavy atom. The summed E-state index contributed by atoms with van der Waals surface area (Å²) in [6, 6.07) is 1.18. The van der Waals surface area contributed by atoms with Crippen LogP contribution in [0.15, 0.2) is 24.5 Å². The fourth-order valence-electron chi connectivity index (χ4n) is 5.64. The number of aromatic nitrogens is 5. The van der Waals surface area contributed by atoms with Crippen LogP contribution in [0.3, 0.4) is 0 Å². The van der Waals surface area contributed by atoms with Crippen molar-refractivity contribution < 1.29 is 35.9 Å². The lowest BCUT2D eigenvalue weighted by Crippen LogP contribution is -2.38. The molecule has 3 heterocycles. The van der Waals surface area contributed by atoms with E-state index in [1.807, 2.05) is 13.8 Å². The highest BCUT2D eigenvalue weighted by molar-refractivity contribution is 5.92. The summed E-state index contributed by atoms with van der Waals surface area (Å²) in [5.74, 6) is -5.60. The minimum Gasteiger partial charge on any atom is -0.349 e. The van der Waals surface area contributed by atoms with Crippen LogP contribution in [0, 0.1) is 17.8 Å². The monoisotopic (exact) mass is 613 g/mol. The number of amides is 2. The molecule has 2 aliphatic rings. The summed E-state index contributed by atoms with van der Waals surface area (Å²) >= 11 is 0. The molecule has 9 nitrogen and oxygen atoms in total. The summed E-state index contributed by atoms with van der Waals surface area (Å²) in [5.41, 5.74) is 0.554. The van der Waals surface area contributed by atoms with Gasteiger partial charge in [0.15, 0.2) is 5.65 Å². The molecule has 2 aliphatic carbocycles. The number of nitrogens with zero attached hydrogens (tertiary/aromatic N) is 5. The van der Waals surface area contributed by atoms with E-state index in [4.69, 9.17) is 0 Å². The summed E-state index contributed by atoms with van der Waals surface area (Å²) in [5, 5.41) is 13.8. The van der Waals surface area contributed by atoms with Crippen molar-refractivity contribution in [3.05, 3.63) is 47.4 Å². The van der Waals surface area contributed by atoms with E-state index in [2.05, 4.69) is 25.8 Å². The Morgan fingerprint density at radius 2 is 1.72 bits per heavy atom. The zero-order valence-electron chi connectivity index (χ0n) is 23.7. The van der Waals surface area contributed by atoms with Crippen molar-refractivity contribution in [3.63, 3.8) is 0 Å². The highest BCUT2D eigenvalue weighted by Gasteiger charge is 2.41. The van der Waals surface area contributed by atoms with Gasteiger partial charge in [-0.1, -0.05) is 0 Å². The van der Waals surface area contributed by atoms with E-state index in [0.717, 1.165) is 17.4 Å². The first-order valence-corrected chi connectivity index (χ1v) is 14.3. The molecule has 0 aliphatic heterocycles. The number of hydrogen-bond acceptors (Lipinski definition) is 5. The minimum absolute atomic E-state index is 0.0138. The van der Waals surface area contributed by atoms with Crippen LogP contribution in [-0.2, 0) is 4.79 Å². The van der Waals surface area contributed by atoms with E-state index in [9.17, 15) is 31.5 Å². The van der Waals surface area contributed by atoms with Gasteiger partial charge in [-0.3, -0.25) is 14.3 Å². The molecule has 0 aromatic carbocycles. The van der Waals surface area contributed by atoms with Gasteiger partial charge in [0.05, 0.1) is 24.7 Å². The Kier molecular flexibility index (Phi) is 8.45. The lowest BCUT2D eigenvalue weighted by molar-refractivity contribution is -0.144. The Morgan fingerprint density at radius 1 is 1.05 bits per heavy atom. The van der Waals surface area contributed by atoms with Crippen molar-refractivity contribution in [2.45, 2.75) is 95.4 Å². The lowest BCUT2D eigenvalue weighted by atomic mass is 9.81. The van der Waals surface area contributed by atoms with Crippen LogP contribution in [0.5, 0.6) is 0 Å². The van der Waals surface area contributed by atoms with Crippen molar-refractivity contribution in [3.8, 4) is 0 Å². The van der Waals surface area contributed by atoms with E-state index in [-0.39, 0.29) is 41.8 Å². The number of carbonyl (C=O) groups is 2. The number of fused-ring (bicyclic) bond motifs is 1. The molecular weight excluding hydrogens is 580 g/mol. The highest BCUT2D eigenvalue weighted by Crippen LogP contribution is 2.43. The second kappa shape index (κ2) is 11.8. The van der Waals surface area contributed by atoms with Crippen LogP contribution in [-0.4, -0.2) is 48.3 Å². The first kappa shape index (κ1) is 30.8. The molecule has 2 fully saturated rings. The molecule has 3 aromatic heterocycles. The topological polar surface area (TPSA) is 106 Å².